The molecule has 28 heavy (non-hydrogen) atoms. The molecule has 3 heterocycles. The number of ether oxygens (including phenoxy) is 1. The van der Waals surface area contributed by atoms with Crippen LogP contribution in [0.25, 0.3) is 0 Å². The van der Waals surface area contributed by atoms with E-state index in [1.807, 2.05) is 13.8 Å². The summed E-state index contributed by atoms with van der Waals surface area (Å²) in [6.07, 6.45) is 1.99. The predicted octanol–water partition coefficient (Wildman–Crippen LogP) is 2.51. The minimum Gasteiger partial charge on any atom is -0.456 e. The highest BCUT2D eigenvalue weighted by Gasteiger charge is 2.62. The molecular weight excluding hydrogens is 358 g/mol. The SMILES string of the molecule is CC(C)N1C(=O)c2ccccc2N2C(=O)CCC21C(=O)OCc1ccccn1. The Morgan fingerprint density at radius 3 is 2.64 bits per heavy atom. The molecule has 1 aromatic heterocycles. The Bertz CT molecular complexity index is 944. The van der Waals surface area contributed by atoms with E-state index in [0.717, 1.165) is 0 Å². The van der Waals surface area contributed by atoms with Crippen molar-refractivity contribution in [1.29, 1.82) is 0 Å². The number of amides is 2. The van der Waals surface area contributed by atoms with Gasteiger partial charge in [0, 0.05) is 25.1 Å². The Kier molecular flexibility index (Phi) is 4.37. The van der Waals surface area contributed by atoms with Gasteiger partial charge in [-0.2, -0.15) is 0 Å². The summed E-state index contributed by atoms with van der Waals surface area (Å²) in [6, 6.07) is 11.9. The van der Waals surface area contributed by atoms with Gasteiger partial charge in [-0.15, -0.1) is 0 Å². The summed E-state index contributed by atoms with van der Waals surface area (Å²) < 4.78 is 5.58. The lowest BCUT2D eigenvalue weighted by Crippen LogP contribution is -2.70. The Balaban J connectivity index is 1.78. The summed E-state index contributed by atoms with van der Waals surface area (Å²) >= 11 is 0. The normalized spacial score (nSPS) is 21.0. The molecule has 7 nitrogen and oxygen atoms in total. The van der Waals surface area contributed by atoms with E-state index >= 15 is 0 Å². The second-order valence-electron chi connectivity index (χ2n) is 7.23. The van der Waals surface area contributed by atoms with Crippen molar-refractivity contribution in [2.45, 2.75) is 45.0 Å². The number of rotatable bonds is 4. The van der Waals surface area contributed by atoms with Gasteiger partial charge in [0.05, 0.1) is 16.9 Å². The molecule has 2 aromatic rings. The second kappa shape index (κ2) is 6.74. The van der Waals surface area contributed by atoms with E-state index in [0.29, 0.717) is 16.9 Å². The van der Waals surface area contributed by atoms with Crippen molar-refractivity contribution in [2.75, 3.05) is 4.90 Å². The molecule has 1 saturated heterocycles. The zero-order valence-electron chi connectivity index (χ0n) is 15.8. The zero-order valence-corrected chi connectivity index (χ0v) is 15.8. The van der Waals surface area contributed by atoms with Gasteiger partial charge in [0.25, 0.3) is 5.91 Å². The lowest BCUT2D eigenvalue weighted by molar-refractivity contribution is -0.159. The van der Waals surface area contributed by atoms with Crippen molar-refractivity contribution in [3.05, 3.63) is 59.9 Å². The quantitative estimate of drug-likeness (QED) is 0.763. The van der Waals surface area contributed by atoms with Crippen LogP contribution in [0.3, 0.4) is 0 Å². The van der Waals surface area contributed by atoms with Crippen LogP contribution in [0.4, 0.5) is 5.69 Å². The van der Waals surface area contributed by atoms with Gasteiger partial charge in [-0.05, 0) is 38.1 Å². The topological polar surface area (TPSA) is 79.8 Å². The minimum atomic E-state index is -1.47. The fourth-order valence-corrected chi connectivity index (χ4v) is 4.11. The van der Waals surface area contributed by atoms with Gasteiger partial charge in [0.15, 0.2) is 0 Å². The highest BCUT2D eigenvalue weighted by atomic mass is 16.5. The standard InChI is InChI=1S/C21H21N3O4/c1-14(2)23-19(26)16-8-3-4-9-17(16)24-18(25)10-11-21(23,24)20(27)28-13-15-7-5-6-12-22-15/h3-9,12,14H,10-11,13H2,1-2H3. The average Bonchev–Trinajstić information content (AvgIpc) is 3.05. The number of anilines is 1. The first-order valence-electron chi connectivity index (χ1n) is 9.29. The molecule has 1 fully saturated rings. The first-order chi connectivity index (χ1) is 13.5. The molecule has 0 radical (unpaired) electrons. The van der Waals surface area contributed by atoms with E-state index in [-0.39, 0.29) is 37.3 Å². The van der Waals surface area contributed by atoms with Crippen LogP contribution < -0.4 is 4.90 Å². The van der Waals surface area contributed by atoms with E-state index in [2.05, 4.69) is 4.98 Å². The Morgan fingerprint density at radius 1 is 1.18 bits per heavy atom. The van der Waals surface area contributed by atoms with E-state index in [4.69, 9.17) is 4.74 Å². The van der Waals surface area contributed by atoms with Crippen LogP contribution in [0.2, 0.25) is 0 Å². The molecule has 2 aliphatic rings. The first-order valence-corrected chi connectivity index (χ1v) is 9.29. The maximum Gasteiger partial charge on any atom is 0.354 e. The van der Waals surface area contributed by atoms with Crippen molar-refractivity contribution in [1.82, 2.24) is 9.88 Å². The van der Waals surface area contributed by atoms with Gasteiger partial charge in [0.2, 0.25) is 11.6 Å². The van der Waals surface area contributed by atoms with E-state index in [1.165, 1.54) is 9.80 Å². The highest BCUT2D eigenvalue weighted by Crippen LogP contribution is 2.46. The van der Waals surface area contributed by atoms with E-state index < -0.39 is 11.6 Å². The molecule has 1 aromatic carbocycles. The van der Waals surface area contributed by atoms with Crippen molar-refractivity contribution >= 4 is 23.5 Å². The van der Waals surface area contributed by atoms with Gasteiger partial charge in [-0.25, -0.2) is 4.79 Å². The van der Waals surface area contributed by atoms with Crippen LogP contribution in [0, 0.1) is 0 Å². The molecule has 0 N–H and O–H groups in total. The van der Waals surface area contributed by atoms with Crippen LogP contribution >= 0.6 is 0 Å². The number of pyridine rings is 1. The molecule has 0 bridgehead atoms. The summed E-state index contributed by atoms with van der Waals surface area (Å²) in [5.41, 5.74) is 0.00824. The van der Waals surface area contributed by atoms with Crippen LogP contribution in [-0.2, 0) is 20.9 Å². The maximum absolute atomic E-state index is 13.4. The molecular formula is C21H21N3O4. The van der Waals surface area contributed by atoms with Crippen molar-refractivity contribution in [3.8, 4) is 0 Å². The smallest absolute Gasteiger partial charge is 0.354 e. The van der Waals surface area contributed by atoms with Crippen LogP contribution in [-0.4, -0.2) is 39.4 Å². The van der Waals surface area contributed by atoms with Crippen LogP contribution in [0.1, 0.15) is 42.7 Å². The van der Waals surface area contributed by atoms with Crippen LogP contribution in [0.15, 0.2) is 48.7 Å². The second-order valence-corrected chi connectivity index (χ2v) is 7.23. The minimum absolute atomic E-state index is 0.0226. The summed E-state index contributed by atoms with van der Waals surface area (Å²) in [4.78, 5) is 46.5. The lowest BCUT2D eigenvalue weighted by atomic mass is 9.95. The Hall–Kier alpha value is -3.22. The predicted molar refractivity (Wildman–Crippen MR) is 101 cm³/mol. The zero-order chi connectivity index (χ0) is 19.9. The molecule has 4 rings (SSSR count). The Labute approximate surface area is 162 Å². The maximum atomic E-state index is 13.4. The number of para-hydroxylation sites is 1. The number of hydrogen-bond donors (Lipinski definition) is 0. The number of carbonyl (C=O) groups is 3. The number of esters is 1. The fourth-order valence-electron chi connectivity index (χ4n) is 4.11. The highest BCUT2D eigenvalue weighted by molar-refractivity contribution is 6.15. The number of hydrogen-bond acceptors (Lipinski definition) is 5. The molecule has 2 aliphatic heterocycles. The van der Waals surface area contributed by atoms with Gasteiger partial charge in [-0.1, -0.05) is 18.2 Å². The summed E-state index contributed by atoms with van der Waals surface area (Å²) in [7, 11) is 0. The third kappa shape index (κ3) is 2.58. The van der Waals surface area contributed by atoms with E-state index in [1.54, 1.807) is 48.7 Å². The largest absolute Gasteiger partial charge is 0.456 e. The van der Waals surface area contributed by atoms with Gasteiger partial charge in [-0.3, -0.25) is 19.5 Å². The van der Waals surface area contributed by atoms with Crippen molar-refractivity contribution < 1.29 is 19.1 Å². The van der Waals surface area contributed by atoms with Gasteiger partial charge < -0.3 is 9.64 Å². The number of carbonyl (C=O) groups excluding carboxylic acids is 3. The van der Waals surface area contributed by atoms with Gasteiger partial charge in [0.1, 0.15) is 6.61 Å². The molecule has 2 amide bonds. The molecule has 0 aliphatic carbocycles. The molecule has 1 atom stereocenters. The third-order valence-corrected chi connectivity index (χ3v) is 5.22. The fraction of sp³-hybridized carbons (Fsp3) is 0.333. The summed E-state index contributed by atoms with van der Waals surface area (Å²) in [5.74, 6) is -1.08. The number of aromatic nitrogens is 1. The van der Waals surface area contributed by atoms with Gasteiger partial charge >= 0.3 is 5.97 Å². The molecule has 144 valence electrons. The van der Waals surface area contributed by atoms with Crippen LogP contribution in [0.5, 0.6) is 0 Å². The number of nitrogens with zero attached hydrogens (tertiary/aromatic N) is 3. The van der Waals surface area contributed by atoms with Crippen molar-refractivity contribution in [3.63, 3.8) is 0 Å². The average molecular weight is 379 g/mol. The first kappa shape index (κ1) is 18.2. The number of fused-ring (bicyclic) bond motifs is 3. The monoisotopic (exact) mass is 379 g/mol. The molecule has 1 unspecified atom stereocenters. The molecule has 0 spiro atoms. The lowest BCUT2D eigenvalue weighted by Gasteiger charge is -2.50. The summed E-state index contributed by atoms with van der Waals surface area (Å²) in [6.45, 7) is 3.65. The number of benzene rings is 1. The van der Waals surface area contributed by atoms with E-state index in [9.17, 15) is 14.4 Å². The van der Waals surface area contributed by atoms with Crippen molar-refractivity contribution in [2.24, 2.45) is 0 Å². The molecule has 7 heteroatoms. The Morgan fingerprint density at radius 2 is 1.93 bits per heavy atom. The summed E-state index contributed by atoms with van der Waals surface area (Å²) in [5, 5.41) is 0. The molecule has 0 saturated carbocycles. The third-order valence-electron chi connectivity index (χ3n) is 5.22.